The first kappa shape index (κ1) is 8.74. The van der Waals surface area contributed by atoms with E-state index < -0.39 is 0 Å². The molecule has 1 aromatic carbocycles. The second-order valence-corrected chi connectivity index (χ2v) is 3.12. The molecule has 0 saturated heterocycles. The summed E-state index contributed by atoms with van der Waals surface area (Å²) in [6, 6.07) is 4.70. The van der Waals surface area contributed by atoms with Gasteiger partial charge in [-0.1, -0.05) is 0 Å². The molecule has 1 heterocycles. The van der Waals surface area contributed by atoms with E-state index in [1.807, 2.05) is 0 Å². The van der Waals surface area contributed by atoms with Crippen LogP contribution in [0.4, 0.5) is 4.39 Å². The van der Waals surface area contributed by atoms with Gasteiger partial charge in [0.1, 0.15) is 5.82 Å². The number of H-pyrrole nitrogens is 2. The maximum Gasteiger partial charge on any atom is 0.323 e. The average molecular weight is 192 g/mol. The molecule has 2 N–H and O–H groups in total. The van der Waals surface area contributed by atoms with Crippen molar-refractivity contribution in [3.63, 3.8) is 0 Å². The van der Waals surface area contributed by atoms with Crippen molar-refractivity contribution in [2.24, 2.45) is 0 Å². The Labute approximate surface area is 79.6 Å². The van der Waals surface area contributed by atoms with Crippen LogP contribution in [0.1, 0.15) is 5.56 Å². The highest BCUT2D eigenvalue weighted by molar-refractivity contribution is 5.58. The van der Waals surface area contributed by atoms with Crippen molar-refractivity contribution in [1.29, 1.82) is 0 Å². The van der Waals surface area contributed by atoms with Crippen molar-refractivity contribution in [2.75, 3.05) is 0 Å². The molecule has 0 aliphatic heterocycles. The van der Waals surface area contributed by atoms with Gasteiger partial charge in [0.25, 0.3) is 0 Å². The highest BCUT2D eigenvalue weighted by Crippen LogP contribution is 2.18. The van der Waals surface area contributed by atoms with E-state index >= 15 is 0 Å². The molecular weight excluding hydrogens is 183 g/mol. The Morgan fingerprint density at radius 3 is 2.71 bits per heavy atom. The Morgan fingerprint density at radius 2 is 2.14 bits per heavy atom. The number of benzene rings is 1. The fraction of sp³-hybridized carbons (Fsp3) is 0.100. The molecule has 72 valence electrons. The van der Waals surface area contributed by atoms with E-state index in [2.05, 4.69) is 9.97 Å². The van der Waals surface area contributed by atoms with Crippen LogP contribution in [0.15, 0.2) is 29.2 Å². The number of imidazole rings is 1. The number of halogens is 1. The Kier molecular flexibility index (Phi) is 1.96. The second kappa shape index (κ2) is 3.14. The first-order valence-corrected chi connectivity index (χ1v) is 4.21. The fourth-order valence-corrected chi connectivity index (χ4v) is 1.30. The summed E-state index contributed by atoms with van der Waals surface area (Å²) in [5.41, 5.74) is 1.76. The Balaban J connectivity index is 2.52. The van der Waals surface area contributed by atoms with Crippen molar-refractivity contribution in [1.82, 2.24) is 9.97 Å². The lowest BCUT2D eigenvalue weighted by Crippen LogP contribution is -2.00. The van der Waals surface area contributed by atoms with Gasteiger partial charge in [-0.05, 0) is 30.7 Å². The summed E-state index contributed by atoms with van der Waals surface area (Å²) < 4.78 is 12.9. The number of rotatable bonds is 1. The minimum absolute atomic E-state index is 0.244. The minimum Gasteiger partial charge on any atom is -0.312 e. The molecule has 0 atom stereocenters. The Hall–Kier alpha value is -1.84. The van der Waals surface area contributed by atoms with Crippen molar-refractivity contribution in [3.8, 4) is 11.3 Å². The van der Waals surface area contributed by atoms with Crippen molar-refractivity contribution in [2.45, 2.75) is 6.92 Å². The number of nitrogens with one attached hydrogen (secondary N) is 2. The monoisotopic (exact) mass is 192 g/mol. The van der Waals surface area contributed by atoms with Crippen LogP contribution in [0.2, 0.25) is 0 Å². The van der Waals surface area contributed by atoms with Crippen LogP contribution in [-0.2, 0) is 0 Å². The third-order valence-electron chi connectivity index (χ3n) is 2.06. The van der Waals surface area contributed by atoms with Gasteiger partial charge in [0.05, 0.1) is 5.69 Å². The van der Waals surface area contributed by atoms with E-state index in [0.29, 0.717) is 11.3 Å². The molecule has 2 rings (SSSR count). The van der Waals surface area contributed by atoms with Crippen molar-refractivity contribution < 1.29 is 4.39 Å². The van der Waals surface area contributed by atoms with Gasteiger partial charge in [-0.3, -0.25) is 0 Å². The molecule has 0 bridgehead atoms. The van der Waals surface area contributed by atoms with Gasteiger partial charge in [-0.2, -0.15) is 0 Å². The fourth-order valence-electron chi connectivity index (χ4n) is 1.30. The Morgan fingerprint density at radius 1 is 1.36 bits per heavy atom. The highest BCUT2D eigenvalue weighted by Gasteiger charge is 2.02. The number of hydrogen-bond acceptors (Lipinski definition) is 1. The van der Waals surface area contributed by atoms with Gasteiger partial charge in [0.15, 0.2) is 0 Å². The molecule has 0 unspecified atom stereocenters. The van der Waals surface area contributed by atoms with E-state index in [1.54, 1.807) is 25.3 Å². The molecule has 0 amide bonds. The predicted molar refractivity (Wildman–Crippen MR) is 51.5 cm³/mol. The van der Waals surface area contributed by atoms with Gasteiger partial charge in [0, 0.05) is 11.8 Å². The highest BCUT2D eigenvalue weighted by atomic mass is 19.1. The molecule has 4 heteroatoms. The van der Waals surface area contributed by atoms with Crippen LogP contribution in [0.5, 0.6) is 0 Å². The number of aromatic nitrogens is 2. The molecular formula is C10H9FN2O. The van der Waals surface area contributed by atoms with Gasteiger partial charge in [-0.15, -0.1) is 0 Å². The lowest BCUT2D eigenvalue weighted by Gasteiger charge is -1.99. The van der Waals surface area contributed by atoms with Gasteiger partial charge >= 0.3 is 5.69 Å². The van der Waals surface area contributed by atoms with Crippen molar-refractivity contribution >= 4 is 0 Å². The number of aryl methyl sites for hydroxylation is 1. The summed E-state index contributed by atoms with van der Waals surface area (Å²) in [7, 11) is 0. The third-order valence-corrected chi connectivity index (χ3v) is 2.06. The molecule has 0 spiro atoms. The first-order valence-electron chi connectivity index (χ1n) is 4.21. The zero-order valence-corrected chi connectivity index (χ0v) is 7.60. The maximum absolute atomic E-state index is 12.9. The summed E-state index contributed by atoms with van der Waals surface area (Å²) >= 11 is 0. The van der Waals surface area contributed by atoms with E-state index in [9.17, 15) is 9.18 Å². The molecule has 0 aliphatic rings. The molecule has 0 aliphatic carbocycles. The smallest absolute Gasteiger partial charge is 0.312 e. The van der Waals surface area contributed by atoms with Crippen LogP contribution in [0.3, 0.4) is 0 Å². The summed E-state index contributed by atoms with van der Waals surface area (Å²) in [5, 5.41) is 0. The number of aromatic amines is 2. The molecule has 14 heavy (non-hydrogen) atoms. The standard InChI is InChI=1S/C10H9FN2O/c1-6-4-7(2-3-8(6)11)9-5-12-10(14)13-9/h2-5H,1H3,(H2,12,13,14). The normalized spacial score (nSPS) is 10.4. The van der Waals surface area contributed by atoms with Crippen molar-refractivity contribution in [3.05, 3.63) is 46.3 Å². The first-order chi connectivity index (χ1) is 6.66. The molecule has 0 radical (unpaired) electrons. The molecule has 0 fully saturated rings. The average Bonchev–Trinajstić information content (AvgIpc) is 2.57. The van der Waals surface area contributed by atoms with E-state index in [0.717, 1.165) is 5.56 Å². The molecule has 0 saturated carbocycles. The van der Waals surface area contributed by atoms with Crippen LogP contribution in [-0.4, -0.2) is 9.97 Å². The van der Waals surface area contributed by atoms with E-state index in [4.69, 9.17) is 0 Å². The lowest BCUT2D eigenvalue weighted by atomic mass is 10.1. The molecule has 2 aromatic rings. The van der Waals surface area contributed by atoms with Gasteiger partial charge in [0.2, 0.25) is 0 Å². The summed E-state index contributed by atoms with van der Waals surface area (Å²) in [6.07, 6.45) is 1.56. The zero-order valence-electron chi connectivity index (χ0n) is 7.60. The molecule has 3 nitrogen and oxygen atoms in total. The van der Waals surface area contributed by atoms with Crippen LogP contribution < -0.4 is 5.69 Å². The van der Waals surface area contributed by atoms with Gasteiger partial charge in [-0.25, -0.2) is 9.18 Å². The number of hydrogen-bond donors (Lipinski definition) is 2. The van der Waals surface area contributed by atoms with Crippen LogP contribution in [0.25, 0.3) is 11.3 Å². The Bertz CT molecular complexity index is 513. The van der Waals surface area contributed by atoms with Crippen LogP contribution >= 0.6 is 0 Å². The lowest BCUT2D eigenvalue weighted by molar-refractivity contribution is 0.619. The van der Waals surface area contributed by atoms with Gasteiger partial charge < -0.3 is 9.97 Å². The summed E-state index contributed by atoms with van der Waals surface area (Å²) in [6.45, 7) is 1.68. The largest absolute Gasteiger partial charge is 0.323 e. The zero-order chi connectivity index (χ0) is 10.1. The minimum atomic E-state index is -0.262. The maximum atomic E-state index is 12.9. The van der Waals surface area contributed by atoms with E-state index in [-0.39, 0.29) is 11.5 Å². The summed E-state index contributed by atoms with van der Waals surface area (Å²) in [5.74, 6) is -0.244. The van der Waals surface area contributed by atoms with Crippen LogP contribution in [0, 0.1) is 12.7 Å². The molecule has 1 aromatic heterocycles. The quantitative estimate of drug-likeness (QED) is 0.711. The SMILES string of the molecule is Cc1cc(-c2c[nH]c(=O)[nH]2)ccc1F. The predicted octanol–water partition coefficient (Wildman–Crippen LogP) is 1.82. The summed E-state index contributed by atoms with van der Waals surface area (Å²) in [4.78, 5) is 15.9. The topological polar surface area (TPSA) is 48.6 Å². The van der Waals surface area contributed by atoms with E-state index in [1.165, 1.54) is 6.07 Å². The third kappa shape index (κ3) is 1.46. The second-order valence-electron chi connectivity index (χ2n) is 3.12.